The molecule has 2 rings (SSSR count). The van der Waals surface area contributed by atoms with Gasteiger partial charge in [0.1, 0.15) is 0 Å². The van der Waals surface area contributed by atoms with Crippen molar-refractivity contribution in [1.29, 1.82) is 0 Å². The molecule has 0 aromatic carbocycles. The Balaban J connectivity index is 2.23. The number of hydrogen-bond acceptors (Lipinski definition) is 5. The van der Waals surface area contributed by atoms with Crippen molar-refractivity contribution in [1.82, 2.24) is 20.2 Å². The van der Waals surface area contributed by atoms with E-state index in [1.807, 2.05) is 37.6 Å². The molecular formula is C13H20N4O2S2. The molecule has 2 aromatic rings. The Bertz CT molecular complexity index is 677. The van der Waals surface area contributed by atoms with Crippen LogP contribution >= 0.6 is 11.3 Å². The molecule has 0 saturated carbocycles. The average Bonchev–Trinajstić information content (AvgIpc) is 3.05. The minimum atomic E-state index is -3.65. The van der Waals surface area contributed by atoms with Crippen molar-refractivity contribution in [3.8, 4) is 0 Å². The van der Waals surface area contributed by atoms with Crippen LogP contribution in [0.3, 0.4) is 0 Å². The molecule has 116 valence electrons. The van der Waals surface area contributed by atoms with Gasteiger partial charge < -0.3 is 5.32 Å². The van der Waals surface area contributed by atoms with Gasteiger partial charge in [0.15, 0.2) is 5.03 Å². The van der Waals surface area contributed by atoms with E-state index in [1.165, 1.54) is 0 Å². The molecule has 2 heterocycles. The molecule has 0 spiro atoms. The van der Waals surface area contributed by atoms with Crippen molar-refractivity contribution < 1.29 is 8.42 Å². The van der Waals surface area contributed by atoms with Gasteiger partial charge in [-0.25, -0.2) is 13.1 Å². The van der Waals surface area contributed by atoms with E-state index in [-0.39, 0.29) is 11.1 Å². The minimum Gasteiger partial charge on any atom is -0.313 e. The number of aromatic amines is 1. The molecule has 6 nitrogen and oxygen atoms in total. The molecule has 0 aliphatic heterocycles. The number of hydrogen-bond donors (Lipinski definition) is 3. The van der Waals surface area contributed by atoms with Crippen LogP contribution in [0, 0.1) is 6.92 Å². The van der Waals surface area contributed by atoms with Crippen LogP contribution in [0.15, 0.2) is 21.9 Å². The summed E-state index contributed by atoms with van der Waals surface area (Å²) >= 11 is 1.54. The summed E-state index contributed by atoms with van der Waals surface area (Å²) in [7, 11) is -3.65. The fourth-order valence-electron chi connectivity index (χ4n) is 1.99. The zero-order valence-corrected chi connectivity index (χ0v) is 13.9. The summed E-state index contributed by atoms with van der Waals surface area (Å²) in [6.07, 6.45) is 0. The van der Waals surface area contributed by atoms with Crippen molar-refractivity contribution in [2.75, 3.05) is 6.54 Å². The third-order valence-electron chi connectivity index (χ3n) is 3.22. The third kappa shape index (κ3) is 3.70. The van der Waals surface area contributed by atoms with Crippen LogP contribution in [0.5, 0.6) is 0 Å². The average molecular weight is 328 g/mol. The second-order valence-electron chi connectivity index (χ2n) is 4.81. The fraction of sp³-hybridized carbons (Fsp3) is 0.462. The molecule has 0 amide bonds. The van der Waals surface area contributed by atoms with Gasteiger partial charge in [0.2, 0.25) is 0 Å². The topological polar surface area (TPSA) is 86.9 Å². The Kier molecular flexibility index (Phi) is 5.15. The summed E-state index contributed by atoms with van der Waals surface area (Å²) in [5, 5.41) is 13.8. The van der Waals surface area contributed by atoms with Gasteiger partial charge in [-0.2, -0.15) is 16.4 Å². The van der Waals surface area contributed by atoms with Gasteiger partial charge in [0.25, 0.3) is 10.0 Å². The Labute approximate surface area is 129 Å². The van der Waals surface area contributed by atoms with Gasteiger partial charge >= 0.3 is 0 Å². The first-order valence-electron chi connectivity index (χ1n) is 6.74. The zero-order chi connectivity index (χ0) is 15.5. The van der Waals surface area contributed by atoms with Crippen molar-refractivity contribution in [2.45, 2.75) is 38.4 Å². The van der Waals surface area contributed by atoms with Crippen LogP contribution in [0.1, 0.15) is 36.7 Å². The van der Waals surface area contributed by atoms with E-state index in [0.717, 1.165) is 17.8 Å². The first-order chi connectivity index (χ1) is 9.95. The van der Waals surface area contributed by atoms with Crippen LogP contribution in [-0.4, -0.2) is 25.2 Å². The van der Waals surface area contributed by atoms with Gasteiger partial charge in [-0.05, 0) is 42.8 Å². The Morgan fingerprint density at radius 3 is 2.86 bits per heavy atom. The SMILES string of the molecule is CCNCc1c(S(=O)(=O)NC(C)c2ccsc2)n[nH]c1C. The molecule has 1 unspecified atom stereocenters. The van der Waals surface area contributed by atoms with E-state index in [2.05, 4.69) is 20.2 Å². The van der Waals surface area contributed by atoms with Crippen LogP contribution in [0.2, 0.25) is 0 Å². The largest absolute Gasteiger partial charge is 0.313 e. The quantitative estimate of drug-likeness (QED) is 0.725. The first-order valence-corrected chi connectivity index (χ1v) is 9.17. The summed E-state index contributed by atoms with van der Waals surface area (Å²) < 4.78 is 27.7. The standard InChI is InChI=1S/C13H20N4O2S2/c1-4-14-7-12-10(3)15-16-13(12)21(18,19)17-9(2)11-5-6-20-8-11/h5-6,8-9,14,17H,4,7H2,1-3H3,(H,15,16). The van der Waals surface area contributed by atoms with Crippen LogP contribution in [0.4, 0.5) is 0 Å². The summed E-state index contributed by atoms with van der Waals surface area (Å²) in [4.78, 5) is 0. The number of nitrogens with zero attached hydrogens (tertiary/aromatic N) is 1. The maximum Gasteiger partial charge on any atom is 0.260 e. The number of aryl methyl sites for hydroxylation is 1. The molecule has 0 fully saturated rings. The van der Waals surface area contributed by atoms with Crippen molar-refractivity contribution in [3.63, 3.8) is 0 Å². The number of sulfonamides is 1. The summed E-state index contributed by atoms with van der Waals surface area (Å²) in [5.74, 6) is 0. The van der Waals surface area contributed by atoms with Gasteiger partial charge in [0.05, 0.1) is 0 Å². The number of aromatic nitrogens is 2. The van der Waals surface area contributed by atoms with E-state index in [4.69, 9.17) is 0 Å². The molecule has 8 heteroatoms. The van der Waals surface area contributed by atoms with Gasteiger partial charge in [-0.3, -0.25) is 5.10 Å². The third-order valence-corrected chi connectivity index (χ3v) is 5.43. The van der Waals surface area contributed by atoms with Gasteiger partial charge in [-0.15, -0.1) is 0 Å². The molecule has 2 aromatic heterocycles. The zero-order valence-electron chi connectivity index (χ0n) is 12.3. The maximum atomic E-state index is 12.5. The predicted octanol–water partition coefficient (Wildman–Crippen LogP) is 1.93. The molecule has 0 saturated heterocycles. The highest BCUT2D eigenvalue weighted by molar-refractivity contribution is 7.89. The molecule has 1 atom stereocenters. The number of nitrogens with one attached hydrogen (secondary N) is 3. The number of H-pyrrole nitrogens is 1. The lowest BCUT2D eigenvalue weighted by Crippen LogP contribution is -2.28. The smallest absolute Gasteiger partial charge is 0.260 e. The number of rotatable bonds is 7. The van der Waals surface area contributed by atoms with Crippen molar-refractivity contribution in [3.05, 3.63) is 33.6 Å². The normalized spacial score (nSPS) is 13.5. The molecule has 0 aliphatic rings. The lowest BCUT2D eigenvalue weighted by Gasteiger charge is -2.13. The van der Waals surface area contributed by atoms with Gasteiger partial charge in [0, 0.05) is 23.8 Å². The first kappa shape index (κ1) is 16.2. The van der Waals surface area contributed by atoms with E-state index in [0.29, 0.717) is 12.1 Å². The molecule has 0 bridgehead atoms. The van der Waals surface area contributed by atoms with E-state index in [9.17, 15) is 8.42 Å². The minimum absolute atomic E-state index is 0.0722. The highest BCUT2D eigenvalue weighted by Gasteiger charge is 2.25. The molecule has 0 radical (unpaired) electrons. The molecule has 3 N–H and O–H groups in total. The highest BCUT2D eigenvalue weighted by atomic mass is 32.2. The summed E-state index contributed by atoms with van der Waals surface area (Å²) in [6, 6.07) is 1.62. The van der Waals surface area contributed by atoms with E-state index in [1.54, 1.807) is 11.3 Å². The Morgan fingerprint density at radius 2 is 2.24 bits per heavy atom. The lowest BCUT2D eigenvalue weighted by molar-refractivity contribution is 0.560. The fourth-order valence-corrected chi connectivity index (χ4v) is 4.17. The second kappa shape index (κ2) is 6.69. The maximum absolute atomic E-state index is 12.5. The van der Waals surface area contributed by atoms with E-state index < -0.39 is 10.0 Å². The number of thiophene rings is 1. The Hall–Kier alpha value is -1.22. The predicted molar refractivity (Wildman–Crippen MR) is 83.8 cm³/mol. The summed E-state index contributed by atoms with van der Waals surface area (Å²) in [6.45, 7) is 6.86. The Morgan fingerprint density at radius 1 is 1.48 bits per heavy atom. The second-order valence-corrected chi connectivity index (χ2v) is 7.22. The monoisotopic (exact) mass is 328 g/mol. The van der Waals surface area contributed by atoms with Crippen molar-refractivity contribution in [2.24, 2.45) is 0 Å². The highest BCUT2D eigenvalue weighted by Crippen LogP contribution is 2.21. The lowest BCUT2D eigenvalue weighted by atomic mass is 10.2. The summed E-state index contributed by atoms with van der Waals surface area (Å²) in [5.41, 5.74) is 2.39. The molecule has 21 heavy (non-hydrogen) atoms. The van der Waals surface area contributed by atoms with Crippen molar-refractivity contribution >= 4 is 21.4 Å². The molecule has 0 aliphatic carbocycles. The van der Waals surface area contributed by atoms with Crippen LogP contribution in [-0.2, 0) is 16.6 Å². The van der Waals surface area contributed by atoms with Crippen LogP contribution < -0.4 is 10.0 Å². The molecular weight excluding hydrogens is 308 g/mol. The van der Waals surface area contributed by atoms with E-state index >= 15 is 0 Å². The van der Waals surface area contributed by atoms with Crippen LogP contribution in [0.25, 0.3) is 0 Å². The van der Waals surface area contributed by atoms with Gasteiger partial charge in [-0.1, -0.05) is 6.92 Å².